The Balaban J connectivity index is 2.14. The van der Waals surface area contributed by atoms with E-state index in [1.165, 1.54) is 6.07 Å². The molecule has 1 nitrogen and oxygen atoms in total. The molecule has 1 saturated heterocycles. The standard InChI is InChI=1S/C11H11F2N/c12-10-3-4-11(13)9(5-10)2-1-8-6-14-7-8/h1-5,8,14H,6-7H2/b2-1+. The Labute approximate surface area is 81.4 Å². The molecule has 74 valence electrons. The van der Waals surface area contributed by atoms with E-state index in [0.717, 1.165) is 25.2 Å². The van der Waals surface area contributed by atoms with Crippen molar-refractivity contribution in [3.8, 4) is 0 Å². The van der Waals surface area contributed by atoms with Gasteiger partial charge in [0.25, 0.3) is 0 Å². The lowest BCUT2D eigenvalue weighted by molar-refractivity contribution is 0.420. The highest BCUT2D eigenvalue weighted by Crippen LogP contribution is 2.14. The fourth-order valence-corrected chi connectivity index (χ4v) is 1.33. The fourth-order valence-electron chi connectivity index (χ4n) is 1.33. The molecule has 1 aliphatic rings. The van der Waals surface area contributed by atoms with Crippen molar-refractivity contribution in [2.75, 3.05) is 13.1 Å². The van der Waals surface area contributed by atoms with Crippen molar-refractivity contribution in [1.29, 1.82) is 0 Å². The van der Waals surface area contributed by atoms with E-state index in [9.17, 15) is 8.78 Å². The second-order valence-electron chi connectivity index (χ2n) is 3.44. The van der Waals surface area contributed by atoms with Gasteiger partial charge in [-0.1, -0.05) is 12.2 Å². The van der Waals surface area contributed by atoms with Crippen molar-refractivity contribution in [2.45, 2.75) is 0 Å². The molecule has 0 unspecified atom stereocenters. The zero-order valence-electron chi connectivity index (χ0n) is 7.63. The van der Waals surface area contributed by atoms with Gasteiger partial charge in [-0.15, -0.1) is 0 Å². The van der Waals surface area contributed by atoms with Gasteiger partial charge >= 0.3 is 0 Å². The van der Waals surface area contributed by atoms with E-state index in [-0.39, 0.29) is 5.82 Å². The molecule has 0 bridgehead atoms. The minimum absolute atomic E-state index is 0.317. The molecule has 2 rings (SSSR count). The third kappa shape index (κ3) is 1.99. The Morgan fingerprint density at radius 3 is 2.71 bits per heavy atom. The molecule has 1 heterocycles. The predicted molar refractivity (Wildman–Crippen MR) is 51.8 cm³/mol. The van der Waals surface area contributed by atoms with Crippen LogP contribution in [0, 0.1) is 17.6 Å². The maximum absolute atomic E-state index is 13.1. The summed E-state index contributed by atoms with van der Waals surface area (Å²) in [5.74, 6) is -0.328. The van der Waals surface area contributed by atoms with Gasteiger partial charge in [-0.2, -0.15) is 0 Å². The quantitative estimate of drug-likeness (QED) is 0.762. The Bertz CT molecular complexity index is 356. The lowest BCUT2D eigenvalue weighted by Gasteiger charge is -2.23. The fraction of sp³-hybridized carbons (Fsp3) is 0.273. The molecule has 0 atom stereocenters. The van der Waals surface area contributed by atoms with Gasteiger partial charge in [0.05, 0.1) is 0 Å². The molecular formula is C11H11F2N. The first kappa shape index (κ1) is 9.34. The summed E-state index contributed by atoms with van der Waals surface area (Å²) in [6.45, 7) is 1.85. The number of hydrogen-bond acceptors (Lipinski definition) is 1. The summed E-state index contributed by atoms with van der Waals surface area (Å²) in [5.41, 5.74) is 0.317. The van der Waals surface area contributed by atoms with E-state index in [2.05, 4.69) is 5.32 Å². The molecule has 3 heteroatoms. The second kappa shape index (κ2) is 3.88. The predicted octanol–water partition coefficient (Wildman–Crippen LogP) is 2.20. The molecule has 0 radical (unpaired) electrons. The monoisotopic (exact) mass is 195 g/mol. The number of hydrogen-bond donors (Lipinski definition) is 1. The minimum atomic E-state index is -0.405. The van der Waals surface area contributed by atoms with Gasteiger partial charge in [-0.25, -0.2) is 8.78 Å². The Morgan fingerprint density at radius 2 is 2.07 bits per heavy atom. The molecule has 1 aliphatic heterocycles. The maximum Gasteiger partial charge on any atom is 0.130 e. The number of halogens is 2. The molecule has 1 fully saturated rings. The average molecular weight is 195 g/mol. The van der Waals surface area contributed by atoms with Crippen molar-refractivity contribution in [1.82, 2.24) is 5.32 Å². The Kier molecular flexibility index (Phi) is 2.59. The summed E-state index contributed by atoms with van der Waals surface area (Å²) in [6.07, 6.45) is 3.55. The van der Waals surface area contributed by atoms with Crippen LogP contribution in [0.2, 0.25) is 0 Å². The number of nitrogens with one attached hydrogen (secondary N) is 1. The first-order valence-electron chi connectivity index (χ1n) is 4.59. The minimum Gasteiger partial charge on any atom is -0.315 e. The summed E-state index contributed by atoms with van der Waals surface area (Å²) in [6, 6.07) is 3.48. The molecular weight excluding hydrogens is 184 g/mol. The molecule has 14 heavy (non-hydrogen) atoms. The third-order valence-electron chi connectivity index (χ3n) is 2.32. The van der Waals surface area contributed by atoms with E-state index in [4.69, 9.17) is 0 Å². The van der Waals surface area contributed by atoms with E-state index >= 15 is 0 Å². The number of rotatable bonds is 2. The molecule has 1 N–H and O–H groups in total. The van der Waals surface area contributed by atoms with Crippen LogP contribution in [-0.4, -0.2) is 13.1 Å². The van der Waals surface area contributed by atoms with Crippen LogP contribution in [0.15, 0.2) is 24.3 Å². The van der Waals surface area contributed by atoms with Crippen LogP contribution in [0.4, 0.5) is 8.78 Å². The van der Waals surface area contributed by atoms with E-state index in [1.807, 2.05) is 6.08 Å². The van der Waals surface area contributed by atoms with Gasteiger partial charge in [-0.05, 0) is 18.2 Å². The van der Waals surface area contributed by atoms with Crippen LogP contribution in [0.1, 0.15) is 5.56 Å². The summed E-state index contributed by atoms with van der Waals surface area (Å²) in [7, 11) is 0. The highest BCUT2D eigenvalue weighted by atomic mass is 19.1. The SMILES string of the molecule is Fc1ccc(F)c(/C=C/C2CNC2)c1. The van der Waals surface area contributed by atoms with E-state index < -0.39 is 5.82 Å². The largest absolute Gasteiger partial charge is 0.315 e. The van der Waals surface area contributed by atoms with Gasteiger partial charge in [-0.3, -0.25) is 0 Å². The summed E-state index contributed by atoms with van der Waals surface area (Å²) in [4.78, 5) is 0. The van der Waals surface area contributed by atoms with E-state index in [0.29, 0.717) is 11.5 Å². The van der Waals surface area contributed by atoms with Crippen molar-refractivity contribution in [3.05, 3.63) is 41.5 Å². The van der Waals surface area contributed by atoms with Crippen molar-refractivity contribution >= 4 is 6.08 Å². The van der Waals surface area contributed by atoms with Crippen LogP contribution in [0.25, 0.3) is 6.08 Å². The maximum atomic E-state index is 13.1. The van der Waals surface area contributed by atoms with Gasteiger partial charge in [0.2, 0.25) is 0 Å². The second-order valence-corrected chi connectivity index (χ2v) is 3.44. The smallest absolute Gasteiger partial charge is 0.130 e. The Hall–Kier alpha value is -1.22. The lowest BCUT2D eigenvalue weighted by Crippen LogP contribution is -2.40. The van der Waals surface area contributed by atoms with Crippen LogP contribution >= 0.6 is 0 Å². The average Bonchev–Trinajstić information content (AvgIpc) is 2.08. The molecule has 1 aromatic carbocycles. The van der Waals surface area contributed by atoms with Gasteiger partial charge in [0.15, 0.2) is 0 Å². The first-order chi connectivity index (χ1) is 6.75. The molecule has 0 amide bonds. The summed E-state index contributed by atoms with van der Waals surface area (Å²) >= 11 is 0. The molecule has 1 aromatic rings. The summed E-state index contributed by atoms with van der Waals surface area (Å²) < 4.78 is 25.9. The molecule has 0 aliphatic carbocycles. The van der Waals surface area contributed by atoms with Crippen LogP contribution in [-0.2, 0) is 0 Å². The van der Waals surface area contributed by atoms with E-state index in [1.54, 1.807) is 6.08 Å². The zero-order chi connectivity index (χ0) is 9.97. The third-order valence-corrected chi connectivity index (χ3v) is 2.32. The van der Waals surface area contributed by atoms with Crippen molar-refractivity contribution in [2.24, 2.45) is 5.92 Å². The first-order valence-corrected chi connectivity index (χ1v) is 4.59. The van der Waals surface area contributed by atoms with Crippen LogP contribution < -0.4 is 5.32 Å². The molecule has 0 aromatic heterocycles. The topological polar surface area (TPSA) is 12.0 Å². The number of benzene rings is 1. The van der Waals surface area contributed by atoms with Crippen molar-refractivity contribution < 1.29 is 8.78 Å². The van der Waals surface area contributed by atoms with Crippen LogP contribution in [0.3, 0.4) is 0 Å². The highest BCUT2D eigenvalue weighted by molar-refractivity contribution is 5.50. The van der Waals surface area contributed by atoms with Crippen molar-refractivity contribution in [3.63, 3.8) is 0 Å². The molecule has 0 spiro atoms. The zero-order valence-corrected chi connectivity index (χ0v) is 7.63. The van der Waals surface area contributed by atoms with Gasteiger partial charge in [0, 0.05) is 24.6 Å². The highest BCUT2D eigenvalue weighted by Gasteiger charge is 2.12. The summed E-state index contributed by atoms with van der Waals surface area (Å²) in [5, 5.41) is 3.10. The van der Waals surface area contributed by atoms with Gasteiger partial charge in [0.1, 0.15) is 11.6 Å². The molecule has 0 saturated carbocycles. The lowest BCUT2D eigenvalue weighted by atomic mass is 10.0. The van der Waals surface area contributed by atoms with Gasteiger partial charge < -0.3 is 5.32 Å². The van der Waals surface area contributed by atoms with Crippen LogP contribution in [0.5, 0.6) is 0 Å². The Morgan fingerprint density at radius 1 is 1.29 bits per heavy atom. The normalized spacial score (nSPS) is 17.3.